The zero-order chi connectivity index (χ0) is 5.98. The second-order valence-electron chi connectivity index (χ2n) is 1.41. The lowest BCUT2D eigenvalue weighted by Gasteiger charge is -1.96. The van der Waals surface area contributed by atoms with Crippen molar-refractivity contribution in [2.24, 2.45) is 0 Å². The van der Waals surface area contributed by atoms with Gasteiger partial charge in [0.05, 0.1) is 6.61 Å². The second-order valence-corrected chi connectivity index (χ2v) is 2.36. The zero-order valence-electron chi connectivity index (χ0n) is 4.28. The molecule has 1 heterocycles. The second kappa shape index (κ2) is 2.55. The monoisotopic (exact) mass is 134 g/mol. The van der Waals surface area contributed by atoms with E-state index in [0.717, 1.165) is 0 Å². The van der Waals surface area contributed by atoms with Crippen LogP contribution in [0.5, 0.6) is 0 Å². The van der Waals surface area contributed by atoms with E-state index in [-0.39, 0.29) is 6.10 Å². The average Bonchev–Trinajstić information content (AvgIpc) is 2.14. The first kappa shape index (κ1) is 6.17. The minimum Gasteiger partial charge on any atom is -0.328 e. The summed E-state index contributed by atoms with van der Waals surface area (Å²) in [5.74, 6) is 0. The Labute approximate surface area is 48.9 Å². The van der Waals surface area contributed by atoms with Crippen LogP contribution in [0.1, 0.15) is 0 Å². The third-order valence-corrected chi connectivity index (χ3v) is 1.66. The van der Waals surface area contributed by atoms with Gasteiger partial charge in [-0.3, -0.25) is 0 Å². The zero-order valence-corrected chi connectivity index (χ0v) is 5.17. The molecule has 1 aliphatic rings. The normalized spacial score (nSPS) is 37.6. The van der Waals surface area contributed by atoms with E-state index in [9.17, 15) is 0 Å². The SMILES string of the molecule is C=CC1COP(O)O1. The highest BCUT2D eigenvalue weighted by Crippen LogP contribution is 2.40. The van der Waals surface area contributed by atoms with Crippen LogP contribution in [0.25, 0.3) is 0 Å². The first-order valence-electron chi connectivity index (χ1n) is 2.24. The highest BCUT2D eigenvalue weighted by atomic mass is 31.2. The molecular weight excluding hydrogens is 127 g/mol. The van der Waals surface area contributed by atoms with E-state index >= 15 is 0 Å². The van der Waals surface area contributed by atoms with Crippen molar-refractivity contribution < 1.29 is 13.9 Å². The molecule has 0 bridgehead atoms. The lowest BCUT2D eigenvalue weighted by molar-refractivity contribution is 0.286. The molecule has 0 aromatic heterocycles. The van der Waals surface area contributed by atoms with Gasteiger partial charge in [-0.15, -0.1) is 6.58 Å². The Morgan fingerprint density at radius 3 is 2.88 bits per heavy atom. The van der Waals surface area contributed by atoms with Crippen LogP contribution in [0.3, 0.4) is 0 Å². The third-order valence-electron chi connectivity index (χ3n) is 0.838. The molecular formula is C4H7O3P. The molecule has 4 heteroatoms. The van der Waals surface area contributed by atoms with E-state index in [0.29, 0.717) is 6.61 Å². The van der Waals surface area contributed by atoms with E-state index in [1.165, 1.54) is 0 Å². The fourth-order valence-electron chi connectivity index (χ4n) is 0.425. The van der Waals surface area contributed by atoms with E-state index in [4.69, 9.17) is 9.42 Å². The van der Waals surface area contributed by atoms with Crippen molar-refractivity contribution in [1.82, 2.24) is 0 Å². The van der Waals surface area contributed by atoms with Gasteiger partial charge in [0.2, 0.25) is 0 Å². The Balaban J connectivity index is 2.32. The van der Waals surface area contributed by atoms with Crippen LogP contribution in [-0.2, 0) is 9.05 Å². The Kier molecular flexibility index (Phi) is 1.97. The molecule has 1 N–H and O–H groups in total. The minimum atomic E-state index is -1.58. The lowest BCUT2D eigenvalue weighted by atomic mass is 10.4. The molecule has 0 radical (unpaired) electrons. The Bertz CT molecular complexity index is 95.3. The Morgan fingerprint density at radius 1 is 1.88 bits per heavy atom. The number of rotatable bonds is 1. The van der Waals surface area contributed by atoms with Crippen LogP contribution >= 0.6 is 8.60 Å². The first-order chi connectivity index (χ1) is 3.83. The molecule has 1 saturated heterocycles. The molecule has 0 aromatic carbocycles. The fraction of sp³-hybridized carbons (Fsp3) is 0.500. The van der Waals surface area contributed by atoms with E-state index < -0.39 is 8.60 Å². The quantitative estimate of drug-likeness (QED) is 0.426. The molecule has 2 unspecified atom stereocenters. The summed E-state index contributed by atoms with van der Waals surface area (Å²) in [5, 5.41) is 0. The summed E-state index contributed by atoms with van der Waals surface area (Å²) in [6.45, 7) is 3.91. The molecule has 1 fully saturated rings. The molecule has 3 nitrogen and oxygen atoms in total. The molecule has 1 rings (SSSR count). The van der Waals surface area contributed by atoms with Gasteiger partial charge in [-0.05, 0) is 0 Å². The lowest BCUT2D eigenvalue weighted by Crippen LogP contribution is -2.02. The number of hydrogen-bond donors (Lipinski definition) is 1. The highest BCUT2D eigenvalue weighted by Gasteiger charge is 2.22. The Morgan fingerprint density at radius 2 is 2.62 bits per heavy atom. The van der Waals surface area contributed by atoms with E-state index in [1.54, 1.807) is 6.08 Å². The van der Waals surface area contributed by atoms with Gasteiger partial charge in [-0.1, -0.05) is 6.08 Å². The summed E-state index contributed by atoms with van der Waals surface area (Å²) in [6, 6.07) is 0. The van der Waals surface area contributed by atoms with Gasteiger partial charge in [0.1, 0.15) is 6.10 Å². The average molecular weight is 134 g/mol. The van der Waals surface area contributed by atoms with Crippen LogP contribution in [0.15, 0.2) is 12.7 Å². The van der Waals surface area contributed by atoms with Crippen LogP contribution in [0.2, 0.25) is 0 Å². The van der Waals surface area contributed by atoms with Gasteiger partial charge >= 0.3 is 8.60 Å². The van der Waals surface area contributed by atoms with Crippen LogP contribution in [0.4, 0.5) is 0 Å². The van der Waals surface area contributed by atoms with Gasteiger partial charge < -0.3 is 13.9 Å². The maximum Gasteiger partial charge on any atom is 0.330 e. The van der Waals surface area contributed by atoms with Crippen molar-refractivity contribution in [2.45, 2.75) is 6.10 Å². The minimum absolute atomic E-state index is 0.105. The fourth-order valence-corrected chi connectivity index (χ4v) is 1.14. The summed E-state index contributed by atoms with van der Waals surface area (Å²) >= 11 is 0. The van der Waals surface area contributed by atoms with Gasteiger partial charge in [-0.25, -0.2) is 0 Å². The summed E-state index contributed by atoms with van der Waals surface area (Å²) in [5.41, 5.74) is 0. The van der Waals surface area contributed by atoms with Gasteiger partial charge in [0, 0.05) is 0 Å². The maximum absolute atomic E-state index is 8.60. The van der Waals surface area contributed by atoms with Crippen molar-refractivity contribution in [1.29, 1.82) is 0 Å². The summed E-state index contributed by atoms with van der Waals surface area (Å²) in [6.07, 6.45) is 1.50. The van der Waals surface area contributed by atoms with Crippen LogP contribution in [-0.4, -0.2) is 17.6 Å². The van der Waals surface area contributed by atoms with Crippen molar-refractivity contribution in [2.75, 3.05) is 6.61 Å². The van der Waals surface area contributed by atoms with Crippen LogP contribution < -0.4 is 0 Å². The summed E-state index contributed by atoms with van der Waals surface area (Å²) in [7, 11) is -1.58. The summed E-state index contributed by atoms with van der Waals surface area (Å²) in [4.78, 5) is 8.60. The van der Waals surface area contributed by atoms with E-state index in [1.807, 2.05) is 0 Å². The molecule has 1 aliphatic heterocycles. The molecule has 0 spiro atoms. The molecule has 0 saturated carbocycles. The van der Waals surface area contributed by atoms with Gasteiger partial charge in [0.15, 0.2) is 0 Å². The molecule has 0 aliphatic carbocycles. The van der Waals surface area contributed by atoms with Crippen LogP contribution in [0, 0.1) is 0 Å². The van der Waals surface area contributed by atoms with Gasteiger partial charge in [0.25, 0.3) is 0 Å². The number of hydrogen-bond acceptors (Lipinski definition) is 3. The first-order valence-corrected chi connectivity index (χ1v) is 3.37. The van der Waals surface area contributed by atoms with E-state index in [2.05, 4.69) is 11.1 Å². The summed E-state index contributed by atoms with van der Waals surface area (Å²) < 4.78 is 9.47. The smallest absolute Gasteiger partial charge is 0.328 e. The van der Waals surface area contributed by atoms with Crippen molar-refractivity contribution in [3.63, 3.8) is 0 Å². The third kappa shape index (κ3) is 1.26. The standard InChI is InChI=1S/C4H7O3P/c1-2-4-3-6-8(5)7-4/h2,4-5H,1,3H2. The molecule has 8 heavy (non-hydrogen) atoms. The maximum atomic E-state index is 8.60. The highest BCUT2D eigenvalue weighted by molar-refractivity contribution is 7.40. The topological polar surface area (TPSA) is 38.7 Å². The molecule has 2 atom stereocenters. The van der Waals surface area contributed by atoms with Gasteiger partial charge in [-0.2, -0.15) is 0 Å². The predicted molar refractivity (Wildman–Crippen MR) is 30.2 cm³/mol. The Hall–Kier alpha value is 0.0500. The molecule has 46 valence electrons. The van der Waals surface area contributed by atoms with Crippen molar-refractivity contribution in [3.05, 3.63) is 12.7 Å². The molecule has 0 amide bonds. The van der Waals surface area contributed by atoms with Crippen molar-refractivity contribution in [3.8, 4) is 0 Å². The largest absolute Gasteiger partial charge is 0.330 e. The molecule has 0 aromatic rings. The predicted octanol–water partition coefficient (Wildman–Crippen LogP) is 0.807. The van der Waals surface area contributed by atoms with Crippen molar-refractivity contribution >= 4 is 8.60 Å².